The highest BCUT2D eigenvalue weighted by Crippen LogP contribution is 2.52. The maximum Gasteiger partial charge on any atom is 0.262 e. The number of ether oxygens (including phenoxy) is 1. The summed E-state index contributed by atoms with van der Waals surface area (Å²) in [6.45, 7) is -0.258. The maximum absolute atomic E-state index is 12.8. The molecule has 1 aliphatic heterocycles. The van der Waals surface area contributed by atoms with Crippen LogP contribution in [0.15, 0.2) is 59.7 Å². The third-order valence-corrected chi connectivity index (χ3v) is 6.71. The monoisotopic (exact) mass is 483 g/mol. The first-order valence-corrected chi connectivity index (χ1v) is 11.2. The molecular weight excluding hydrogens is 465 g/mol. The van der Waals surface area contributed by atoms with E-state index >= 15 is 0 Å². The van der Waals surface area contributed by atoms with Gasteiger partial charge in [0, 0.05) is 21.3 Å². The van der Waals surface area contributed by atoms with Crippen LogP contribution in [0.4, 0.5) is 5.69 Å². The van der Waals surface area contributed by atoms with Crippen molar-refractivity contribution in [3.63, 3.8) is 0 Å². The molecule has 7 nitrogen and oxygen atoms in total. The molecule has 1 saturated carbocycles. The van der Waals surface area contributed by atoms with Crippen LogP contribution in [0.3, 0.4) is 0 Å². The van der Waals surface area contributed by atoms with Gasteiger partial charge in [0.25, 0.3) is 17.7 Å². The Labute approximate surface area is 200 Å². The van der Waals surface area contributed by atoms with E-state index in [1.165, 1.54) is 6.21 Å². The van der Waals surface area contributed by atoms with Gasteiger partial charge >= 0.3 is 0 Å². The smallest absolute Gasteiger partial charge is 0.262 e. The molecule has 4 atom stereocenters. The minimum Gasteiger partial charge on any atom is -0.483 e. The molecule has 3 amide bonds. The highest BCUT2D eigenvalue weighted by molar-refractivity contribution is 6.31. The van der Waals surface area contributed by atoms with Crippen LogP contribution in [0.5, 0.6) is 5.75 Å². The van der Waals surface area contributed by atoms with Gasteiger partial charge in [-0.1, -0.05) is 35.4 Å². The number of carbonyl (C=O) groups is 3. The molecule has 33 heavy (non-hydrogen) atoms. The number of nitrogens with one attached hydrogen (secondary N) is 1. The molecule has 2 aromatic carbocycles. The van der Waals surface area contributed by atoms with Gasteiger partial charge in [0.15, 0.2) is 6.61 Å². The molecule has 9 heteroatoms. The Morgan fingerprint density at radius 1 is 1.03 bits per heavy atom. The lowest BCUT2D eigenvalue weighted by molar-refractivity contribution is -0.140. The van der Waals surface area contributed by atoms with E-state index in [1.807, 2.05) is 12.2 Å². The Bertz CT molecular complexity index is 1160. The van der Waals surface area contributed by atoms with E-state index in [9.17, 15) is 14.4 Å². The fourth-order valence-corrected chi connectivity index (χ4v) is 5.05. The van der Waals surface area contributed by atoms with Crippen LogP contribution in [-0.4, -0.2) is 35.6 Å². The molecule has 0 aromatic heterocycles. The number of benzene rings is 2. The number of imide groups is 1. The number of rotatable bonds is 6. The minimum absolute atomic E-state index is 0.112. The average molecular weight is 484 g/mol. The molecule has 1 saturated heterocycles. The Hall–Kier alpha value is -3.16. The van der Waals surface area contributed by atoms with Gasteiger partial charge < -0.3 is 10.1 Å². The van der Waals surface area contributed by atoms with E-state index in [2.05, 4.69) is 10.4 Å². The molecule has 2 bridgehead atoms. The Morgan fingerprint density at radius 3 is 2.33 bits per heavy atom. The maximum atomic E-state index is 12.8. The Balaban J connectivity index is 1.27. The van der Waals surface area contributed by atoms with Crippen LogP contribution >= 0.6 is 23.2 Å². The molecule has 0 unspecified atom stereocenters. The van der Waals surface area contributed by atoms with E-state index < -0.39 is 0 Å². The summed E-state index contributed by atoms with van der Waals surface area (Å²) in [7, 11) is 0. The Morgan fingerprint density at radius 2 is 1.67 bits per heavy atom. The van der Waals surface area contributed by atoms with Crippen molar-refractivity contribution in [2.24, 2.45) is 28.8 Å². The number of carbonyl (C=O) groups excluding carboxylic acids is 3. The SMILES string of the molecule is O=C(COc1ccc(Cl)cc1C=NN1C(=O)[C@@H]2[C@H](C1=O)[C@H]1C=C[C@H]2C1)Nc1ccc(Cl)cc1. The second kappa shape index (κ2) is 8.65. The zero-order chi connectivity index (χ0) is 23.1. The topological polar surface area (TPSA) is 88.1 Å². The lowest BCUT2D eigenvalue weighted by Crippen LogP contribution is -2.28. The summed E-state index contributed by atoms with van der Waals surface area (Å²) in [4.78, 5) is 37.9. The summed E-state index contributed by atoms with van der Waals surface area (Å²) >= 11 is 12.0. The van der Waals surface area contributed by atoms with Crippen molar-refractivity contribution in [2.75, 3.05) is 11.9 Å². The lowest BCUT2D eigenvalue weighted by atomic mass is 9.85. The van der Waals surface area contributed by atoms with E-state index in [0.717, 1.165) is 11.4 Å². The first kappa shape index (κ1) is 21.7. The van der Waals surface area contributed by atoms with Crippen LogP contribution in [0.25, 0.3) is 0 Å². The summed E-state index contributed by atoms with van der Waals surface area (Å²) < 4.78 is 5.65. The summed E-state index contributed by atoms with van der Waals surface area (Å²) in [5.41, 5.74) is 1.03. The van der Waals surface area contributed by atoms with Crippen LogP contribution in [0.1, 0.15) is 12.0 Å². The van der Waals surface area contributed by atoms with Gasteiger partial charge in [-0.3, -0.25) is 14.4 Å². The molecule has 3 aliphatic rings. The quantitative estimate of drug-likeness (QED) is 0.379. The molecular formula is C24H19Cl2N3O4. The number of fused-ring (bicyclic) bond motifs is 5. The van der Waals surface area contributed by atoms with Gasteiger partial charge in [-0.2, -0.15) is 10.1 Å². The highest BCUT2D eigenvalue weighted by atomic mass is 35.5. The molecule has 5 rings (SSSR count). The zero-order valence-corrected chi connectivity index (χ0v) is 18.8. The van der Waals surface area contributed by atoms with Crippen molar-refractivity contribution in [3.8, 4) is 5.75 Å². The minimum atomic E-state index is -0.365. The zero-order valence-electron chi connectivity index (χ0n) is 17.3. The first-order valence-electron chi connectivity index (χ1n) is 10.5. The van der Waals surface area contributed by atoms with Gasteiger partial charge in [-0.05, 0) is 60.7 Å². The summed E-state index contributed by atoms with van der Waals surface area (Å²) in [6, 6.07) is 11.5. The number of hydrazone groups is 1. The van der Waals surface area contributed by atoms with Crippen molar-refractivity contribution < 1.29 is 19.1 Å². The molecule has 1 heterocycles. The largest absolute Gasteiger partial charge is 0.483 e. The van der Waals surface area contributed by atoms with Crippen molar-refractivity contribution in [1.29, 1.82) is 0 Å². The van der Waals surface area contributed by atoms with Crippen LogP contribution in [-0.2, 0) is 14.4 Å². The van der Waals surface area contributed by atoms with Crippen molar-refractivity contribution in [1.82, 2.24) is 5.01 Å². The summed E-state index contributed by atoms with van der Waals surface area (Å²) in [5.74, 6) is -0.990. The number of anilines is 1. The summed E-state index contributed by atoms with van der Waals surface area (Å²) in [5, 5.41) is 8.83. The molecule has 2 aromatic rings. The number of nitrogens with zero attached hydrogens (tertiary/aromatic N) is 2. The molecule has 2 aliphatic carbocycles. The second-order valence-electron chi connectivity index (χ2n) is 8.26. The van der Waals surface area contributed by atoms with Gasteiger partial charge in [0.1, 0.15) is 5.75 Å². The van der Waals surface area contributed by atoms with Gasteiger partial charge in [0.05, 0.1) is 18.1 Å². The van der Waals surface area contributed by atoms with E-state index in [0.29, 0.717) is 27.0 Å². The van der Waals surface area contributed by atoms with Crippen LogP contribution < -0.4 is 10.1 Å². The predicted molar refractivity (Wildman–Crippen MR) is 124 cm³/mol. The molecule has 168 valence electrons. The second-order valence-corrected chi connectivity index (χ2v) is 9.13. The van der Waals surface area contributed by atoms with E-state index in [1.54, 1.807) is 42.5 Å². The first-order chi connectivity index (χ1) is 15.9. The lowest BCUT2D eigenvalue weighted by Gasteiger charge is -2.13. The number of amides is 3. The van der Waals surface area contributed by atoms with Crippen LogP contribution in [0, 0.1) is 23.7 Å². The molecule has 1 N–H and O–H groups in total. The standard InChI is InChI=1S/C24H19Cl2N3O4/c25-16-3-6-18(7-4-16)28-20(30)12-33-19-8-5-17(26)10-15(19)11-27-29-23(31)21-13-1-2-14(9-13)22(21)24(29)32/h1-8,10-11,13-14,21-22H,9,12H2,(H,28,30)/t13-,14-,21-,22+/m0/s1. The van der Waals surface area contributed by atoms with Crippen LogP contribution in [0.2, 0.25) is 10.0 Å². The van der Waals surface area contributed by atoms with E-state index in [-0.39, 0.29) is 48.0 Å². The van der Waals surface area contributed by atoms with Gasteiger partial charge in [-0.15, -0.1) is 0 Å². The molecule has 0 spiro atoms. The number of allylic oxidation sites excluding steroid dienone is 2. The number of hydrogen-bond donors (Lipinski definition) is 1. The normalized spacial score (nSPS) is 25.2. The van der Waals surface area contributed by atoms with Gasteiger partial charge in [-0.25, -0.2) is 0 Å². The fourth-order valence-electron chi connectivity index (χ4n) is 4.75. The Kier molecular flexibility index (Phi) is 5.68. The van der Waals surface area contributed by atoms with E-state index in [4.69, 9.17) is 27.9 Å². The third-order valence-electron chi connectivity index (χ3n) is 6.22. The van der Waals surface area contributed by atoms with Crippen molar-refractivity contribution >= 4 is 52.8 Å². The fraction of sp³-hybridized carbons (Fsp3) is 0.250. The van der Waals surface area contributed by atoms with Crippen molar-refractivity contribution in [3.05, 3.63) is 70.2 Å². The predicted octanol–water partition coefficient (Wildman–Crippen LogP) is 4.15. The third kappa shape index (κ3) is 4.14. The number of hydrogen-bond acceptors (Lipinski definition) is 5. The van der Waals surface area contributed by atoms with Crippen molar-refractivity contribution in [2.45, 2.75) is 6.42 Å². The number of halogens is 2. The molecule has 0 radical (unpaired) electrons. The van der Waals surface area contributed by atoms with Gasteiger partial charge in [0.2, 0.25) is 0 Å². The average Bonchev–Trinajstić information content (AvgIpc) is 3.47. The molecule has 2 fully saturated rings. The highest BCUT2D eigenvalue weighted by Gasteiger charge is 2.59. The summed E-state index contributed by atoms with van der Waals surface area (Å²) in [6.07, 6.45) is 6.28.